The summed E-state index contributed by atoms with van der Waals surface area (Å²) in [6.07, 6.45) is 3.33. The van der Waals surface area contributed by atoms with E-state index in [2.05, 4.69) is 60.6 Å². The van der Waals surface area contributed by atoms with Crippen LogP contribution in [0.5, 0.6) is 0 Å². The zero-order chi connectivity index (χ0) is 11.3. The van der Waals surface area contributed by atoms with Gasteiger partial charge in [-0.05, 0) is 36.8 Å². The third kappa shape index (κ3) is 4.65. The monoisotopic (exact) mass is 266 g/mol. The highest BCUT2D eigenvalue weighted by atomic mass is 79.9. The van der Waals surface area contributed by atoms with Crippen LogP contribution in [-0.2, 0) is 6.42 Å². The Bertz CT molecular complexity index is 326. The van der Waals surface area contributed by atoms with E-state index in [-0.39, 0.29) is 0 Å². The van der Waals surface area contributed by atoms with Crippen molar-refractivity contribution in [2.24, 2.45) is 5.92 Å². The van der Waals surface area contributed by atoms with Crippen molar-refractivity contribution in [3.8, 4) is 0 Å². The predicted molar refractivity (Wildman–Crippen MR) is 71.1 cm³/mol. The number of hydrogen-bond acceptors (Lipinski definition) is 0. The predicted octanol–water partition coefficient (Wildman–Crippen LogP) is 4.98. The van der Waals surface area contributed by atoms with Crippen molar-refractivity contribution in [3.63, 3.8) is 0 Å². The van der Waals surface area contributed by atoms with Crippen molar-refractivity contribution in [1.29, 1.82) is 0 Å². The molecule has 0 saturated carbocycles. The first-order chi connectivity index (χ1) is 7.09. The van der Waals surface area contributed by atoms with Gasteiger partial charge in [-0.2, -0.15) is 0 Å². The molecule has 0 atom stereocenters. The lowest BCUT2D eigenvalue weighted by Gasteiger charge is -2.09. The fourth-order valence-electron chi connectivity index (χ4n) is 1.69. The molecule has 0 saturated heterocycles. The summed E-state index contributed by atoms with van der Waals surface area (Å²) in [7, 11) is 0. The summed E-state index contributed by atoms with van der Waals surface area (Å²) in [6, 6.07) is 8.41. The maximum Gasteiger partial charge on any atom is 0.0207 e. The van der Waals surface area contributed by atoms with Crippen molar-refractivity contribution in [2.75, 3.05) is 0 Å². The molecule has 15 heavy (non-hydrogen) atoms. The maximum atomic E-state index is 4.12. The topological polar surface area (TPSA) is 0 Å². The van der Waals surface area contributed by atoms with E-state index in [1.54, 1.807) is 0 Å². The molecule has 0 aliphatic heterocycles. The van der Waals surface area contributed by atoms with Crippen molar-refractivity contribution < 1.29 is 0 Å². The van der Waals surface area contributed by atoms with Gasteiger partial charge in [-0.25, -0.2) is 0 Å². The van der Waals surface area contributed by atoms with Crippen LogP contribution >= 0.6 is 15.9 Å². The van der Waals surface area contributed by atoms with E-state index < -0.39 is 0 Å². The standard InChI is InChI=1S/C14H19Br/c1-11(2)10-12(3)8-9-13-6-4-5-7-14(13)15/h4-7,11H,3,8-10H2,1-2H3. The molecule has 0 aromatic heterocycles. The number of rotatable bonds is 5. The quantitative estimate of drug-likeness (QED) is 0.660. The van der Waals surface area contributed by atoms with Crippen LogP contribution in [0.1, 0.15) is 32.3 Å². The van der Waals surface area contributed by atoms with Gasteiger partial charge in [-0.3, -0.25) is 0 Å². The first-order valence-corrected chi connectivity index (χ1v) is 6.29. The lowest BCUT2D eigenvalue weighted by atomic mass is 9.98. The van der Waals surface area contributed by atoms with Gasteiger partial charge in [-0.1, -0.05) is 60.1 Å². The molecular formula is C14H19Br. The molecule has 0 aliphatic rings. The smallest absolute Gasteiger partial charge is 0.0207 e. The van der Waals surface area contributed by atoms with Crippen molar-refractivity contribution in [2.45, 2.75) is 33.1 Å². The molecule has 1 aromatic carbocycles. The molecule has 0 radical (unpaired) electrons. The molecule has 0 amide bonds. The van der Waals surface area contributed by atoms with Gasteiger partial charge >= 0.3 is 0 Å². The van der Waals surface area contributed by atoms with Gasteiger partial charge in [0.25, 0.3) is 0 Å². The molecule has 0 heterocycles. The molecule has 0 fully saturated rings. The van der Waals surface area contributed by atoms with Crippen LogP contribution in [0.4, 0.5) is 0 Å². The minimum absolute atomic E-state index is 0.719. The summed E-state index contributed by atoms with van der Waals surface area (Å²) in [6.45, 7) is 8.60. The Morgan fingerprint density at radius 1 is 1.33 bits per heavy atom. The largest absolute Gasteiger partial charge is 0.0998 e. The zero-order valence-corrected chi connectivity index (χ0v) is 11.2. The lowest BCUT2D eigenvalue weighted by molar-refractivity contribution is 0.625. The van der Waals surface area contributed by atoms with Crippen LogP contribution in [0.25, 0.3) is 0 Å². The molecule has 1 heteroatoms. The summed E-state index contributed by atoms with van der Waals surface area (Å²) >= 11 is 3.57. The van der Waals surface area contributed by atoms with Gasteiger partial charge < -0.3 is 0 Å². The van der Waals surface area contributed by atoms with E-state index in [0.29, 0.717) is 0 Å². The Kier molecular flexibility index (Phi) is 5.10. The third-order valence-corrected chi connectivity index (χ3v) is 3.18. The molecule has 82 valence electrons. The summed E-state index contributed by atoms with van der Waals surface area (Å²) in [5, 5.41) is 0. The average molecular weight is 267 g/mol. The average Bonchev–Trinajstić information content (AvgIpc) is 2.15. The van der Waals surface area contributed by atoms with E-state index in [4.69, 9.17) is 0 Å². The zero-order valence-electron chi connectivity index (χ0n) is 9.59. The number of aryl methyl sites for hydroxylation is 1. The second-order valence-corrected chi connectivity index (χ2v) is 5.29. The Morgan fingerprint density at radius 2 is 2.00 bits per heavy atom. The first-order valence-electron chi connectivity index (χ1n) is 5.49. The van der Waals surface area contributed by atoms with Crippen LogP contribution in [0, 0.1) is 5.92 Å². The summed E-state index contributed by atoms with van der Waals surface area (Å²) in [4.78, 5) is 0. The highest BCUT2D eigenvalue weighted by Crippen LogP contribution is 2.20. The lowest BCUT2D eigenvalue weighted by Crippen LogP contribution is -1.94. The van der Waals surface area contributed by atoms with Crippen molar-refractivity contribution in [3.05, 3.63) is 46.5 Å². The molecule has 1 rings (SSSR count). The highest BCUT2D eigenvalue weighted by molar-refractivity contribution is 9.10. The Morgan fingerprint density at radius 3 is 2.60 bits per heavy atom. The number of hydrogen-bond donors (Lipinski definition) is 0. The van der Waals surface area contributed by atoms with Crippen LogP contribution in [0.15, 0.2) is 40.9 Å². The van der Waals surface area contributed by atoms with Crippen LogP contribution in [0.3, 0.4) is 0 Å². The molecular weight excluding hydrogens is 248 g/mol. The number of allylic oxidation sites excluding steroid dienone is 1. The van der Waals surface area contributed by atoms with E-state index in [9.17, 15) is 0 Å². The van der Waals surface area contributed by atoms with Gasteiger partial charge in [0, 0.05) is 4.47 Å². The fourth-order valence-corrected chi connectivity index (χ4v) is 2.18. The molecule has 0 aliphatic carbocycles. The van der Waals surface area contributed by atoms with Gasteiger partial charge in [0.2, 0.25) is 0 Å². The van der Waals surface area contributed by atoms with E-state index in [1.807, 2.05) is 0 Å². The molecule has 0 unspecified atom stereocenters. The van der Waals surface area contributed by atoms with E-state index in [0.717, 1.165) is 25.2 Å². The Labute approximate surface area is 102 Å². The molecule has 0 N–H and O–H groups in total. The van der Waals surface area contributed by atoms with Gasteiger partial charge in [0.05, 0.1) is 0 Å². The van der Waals surface area contributed by atoms with Gasteiger partial charge in [0.15, 0.2) is 0 Å². The van der Waals surface area contributed by atoms with Gasteiger partial charge in [0.1, 0.15) is 0 Å². The Balaban J connectivity index is 2.44. The normalized spacial score (nSPS) is 10.7. The Hall–Kier alpha value is -0.560. The van der Waals surface area contributed by atoms with Gasteiger partial charge in [-0.15, -0.1) is 0 Å². The second kappa shape index (κ2) is 6.12. The van der Waals surface area contributed by atoms with Crippen molar-refractivity contribution in [1.82, 2.24) is 0 Å². The van der Waals surface area contributed by atoms with Crippen molar-refractivity contribution >= 4 is 15.9 Å². The van der Waals surface area contributed by atoms with Crippen LogP contribution in [0.2, 0.25) is 0 Å². The summed E-state index contributed by atoms with van der Waals surface area (Å²) in [5.74, 6) is 0.719. The number of halogens is 1. The fraction of sp³-hybridized carbons (Fsp3) is 0.429. The third-order valence-electron chi connectivity index (χ3n) is 2.40. The minimum atomic E-state index is 0.719. The number of benzene rings is 1. The molecule has 0 spiro atoms. The summed E-state index contributed by atoms with van der Waals surface area (Å²) < 4.78 is 1.21. The molecule has 0 bridgehead atoms. The van der Waals surface area contributed by atoms with E-state index >= 15 is 0 Å². The highest BCUT2D eigenvalue weighted by Gasteiger charge is 2.02. The second-order valence-electron chi connectivity index (χ2n) is 4.44. The molecule has 1 aromatic rings. The molecule has 0 nitrogen and oxygen atoms in total. The van der Waals surface area contributed by atoms with Crippen LogP contribution in [-0.4, -0.2) is 0 Å². The summed E-state index contributed by atoms with van der Waals surface area (Å²) in [5.41, 5.74) is 2.74. The van der Waals surface area contributed by atoms with Crippen LogP contribution < -0.4 is 0 Å². The first kappa shape index (κ1) is 12.5. The SMILES string of the molecule is C=C(CCc1ccccc1Br)CC(C)C. The maximum absolute atomic E-state index is 4.12. The van der Waals surface area contributed by atoms with E-state index in [1.165, 1.54) is 15.6 Å². The minimum Gasteiger partial charge on any atom is -0.0998 e.